The lowest BCUT2D eigenvalue weighted by Crippen LogP contribution is -2.06. The van der Waals surface area contributed by atoms with E-state index in [9.17, 15) is 0 Å². The molecule has 0 radical (unpaired) electrons. The fourth-order valence-electron chi connectivity index (χ4n) is 2.58. The van der Waals surface area contributed by atoms with E-state index in [-0.39, 0.29) is 0 Å². The number of nitrogens with zero attached hydrogens (tertiary/aromatic N) is 1. The van der Waals surface area contributed by atoms with E-state index in [0.29, 0.717) is 11.6 Å². The fraction of sp³-hybridized carbons (Fsp3) is 0.188. The van der Waals surface area contributed by atoms with Crippen LogP contribution < -0.4 is 5.32 Å². The number of anilines is 1. The van der Waals surface area contributed by atoms with Gasteiger partial charge in [-0.3, -0.25) is 0 Å². The van der Waals surface area contributed by atoms with Crippen LogP contribution in [0.5, 0.6) is 0 Å². The van der Waals surface area contributed by atoms with Gasteiger partial charge in [0.1, 0.15) is 0 Å². The molecule has 0 saturated carbocycles. The highest BCUT2D eigenvalue weighted by atomic mass is 79.9. The maximum Gasteiger partial charge on any atom is 0.0991 e. The molecule has 0 spiro atoms. The highest BCUT2D eigenvalue weighted by Crippen LogP contribution is 2.35. The van der Waals surface area contributed by atoms with E-state index in [1.165, 1.54) is 11.1 Å². The van der Waals surface area contributed by atoms with Crippen LogP contribution in [0.1, 0.15) is 29.2 Å². The zero-order valence-electron chi connectivity index (χ0n) is 10.4. The lowest BCUT2D eigenvalue weighted by molar-refractivity contribution is 0.762. The van der Waals surface area contributed by atoms with Gasteiger partial charge in [0.25, 0.3) is 0 Å². The molecular weight excluding hydrogens is 300 g/mol. The number of aryl methyl sites for hydroxylation is 1. The van der Waals surface area contributed by atoms with Crippen LogP contribution in [-0.4, -0.2) is 0 Å². The van der Waals surface area contributed by atoms with Gasteiger partial charge in [0, 0.05) is 10.2 Å². The van der Waals surface area contributed by atoms with Gasteiger partial charge < -0.3 is 5.32 Å². The van der Waals surface area contributed by atoms with Crippen molar-refractivity contribution in [2.24, 2.45) is 0 Å². The molecule has 1 aliphatic rings. The van der Waals surface area contributed by atoms with E-state index in [4.69, 9.17) is 5.26 Å². The predicted molar refractivity (Wildman–Crippen MR) is 80.0 cm³/mol. The van der Waals surface area contributed by atoms with Gasteiger partial charge in [-0.05, 0) is 60.4 Å². The third-order valence-corrected chi connectivity index (χ3v) is 4.03. The van der Waals surface area contributed by atoms with Crippen LogP contribution in [0.4, 0.5) is 5.69 Å². The maximum absolute atomic E-state index is 8.79. The highest BCUT2D eigenvalue weighted by Gasteiger charge is 2.22. The molecule has 0 heterocycles. The molecule has 0 fully saturated rings. The van der Waals surface area contributed by atoms with Crippen LogP contribution in [0.25, 0.3) is 0 Å². The topological polar surface area (TPSA) is 35.8 Å². The zero-order valence-corrected chi connectivity index (χ0v) is 11.9. The summed E-state index contributed by atoms with van der Waals surface area (Å²) in [5.74, 6) is 0. The molecule has 0 saturated heterocycles. The Morgan fingerprint density at radius 1 is 1.16 bits per heavy atom. The normalized spacial score (nSPS) is 16.7. The van der Waals surface area contributed by atoms with E-state index < -0.39 is 0 Å². The second-order valence-electron chi connectivity index (χ2n) is 4.77. The number of halogens is 1. The molecule has 2 aromatic rings. The molecule has 19 heavy (non-hydrogen) atoms. The Kier molecular flexibility index (Phi) is 3.27. The van der Waals surface area contributed by atoms with Crippen molar-refractivity contribution in [3.05, 3.63) is 63.6 Å². The molecule has 1 N–H and O–H groups in total. The standard InChI is InChI=1S/C16H13BrN2/c17-13-4-7-15-12(9-13)3-8-16(15)19-14-5-1-11(10-18)2-6-14/h1-2,4-7,9,16,19H,3,8H2. The molecule has 1 unspecified atom stereocenters. The summed E-state index contributed by atoms with van der Waals surface area (Å²) < 4.78 is 1.14. The summed E-state index contributed by atoms with van der Waals surface area (Å²) in [6, 6.07) is 16.6. The van der Waals surface area contributed by atoms with Gasteiger partial charge in [-0.25, -0.2) is 0 Å². The summed E-state index contributed by atoms with van der Waals surface area (Å²) in [7, 11) is 0. The van der Waals surface area contributed by atoms with Crippen molar-refractivity contribution in [3.63, 3.8) is 0 Å². The largest absolute Gasteiger partial charge is 0.378 e. The van der Waals surface area contributed by atoms with Gasteiger partial charge in [0.15, 0.2) is 0 Å². The van der Waals surface area contributed by atoms with Gasteiger partial charge >= 0.3 is 0 Å². The van der Waals surface area contributed by atoms with Gasteiger partial charge in [-0.1, -0.05) is 22.0 Å². The number of nitrogens with one attached hydrogen (secondary N) is 1. The summed E-state index contributed by atoms with van der Waals surface area (Å²) in [6.07, 6.45) is 2.23. The minimum Gasteiger partial charge on any atom is -0.378 e. The first-order chi connectivity index (χ1) is 9.26. The Bertz CT molecular complexity index is 641. The van der Waals surface area contributed by atoms with Crippen LogP contribution in [0, 0.1) is 11.3 Å². The maximum atomic E-state index is 8.79. The molecule has 2 nitrogen and oxygen atoms in total. The van der Waals surface area contributed by atoms with Crippen molar-refractivity contribution >= 4 is 21.6 Å². The van der Waals surface area contributed by atoms with Gasteiger partial charge in [-0.2, -0.15) is 5.26 Å². The second kappa shape index (κ2) is 5.07. The Labute approximate surface area is 121 Å². The van der Waals surface area contributed by atoms with E-state index in [1.54, 1.807) is 0 Å². The van der Waals surface area contributed by atoms with Crippen LogP contribution in [0.15, 0.2) is 46.9 Å². The number of hydrogen-bond acceptors (Lipinski definition) is 2. The monoisotopic (exact) mass is 312 g/mol. The van der Waals surface area contributed by atoms with E-state index in [1.807, 2.05) is 24.3 Å². The smallest absolute Gasteiger partial charge is 0.0991 e. The zero-order chi connectivity index (χ0) is 13.2. The van der Waals surface area contributed by atoms with Crippen LogP contribution in [0.2, 0.25) is 0 Å². The summed E-state index contributed by atoms with van der Waals surface area (Å²) in [5.41, 5.74) is 4.56. The van der Waals surface area contributed by atoms with Crippen molar-refractivity contribution in [2.75, 3.05) is 5.32 Å². The third kappa shape index (κ3) is 2.50. The molecule has 0 aromatic heterocycles. The van der Waals surface area contributed by atoms with E-state index in [0.717, 1.165) is 23.0 Å². The van der Waals surface area contributed by atoms with Gasteiger partial charge in [0.2, 0.25) is 0 Å². The van der Waals surface area contributed by atoms with Crippen LogP contribution in [-0.2, 0) is 6.42 Å². The first kappa shape index (κ1) is 12.3. The Morgan fingerprint density at radius 2 is 1.95 bits per heavy atom. The third-order valence-electron chi connectivity index (χ3n) is 3.54. The van der Waals surface area contributed by atoms with Crippen molar-refractivity contribution in [1.82, 2.24) is 0 Å². The lowest BCUT2D eigenvalue weighted by atomic mass is 10.1. The Morgan fingerprint density at radius 3 is 2.68 bits per heavy atom. The lowest BCUT2D eigenvalue weighted by Gasteiger charge is -2.15. The van der Waals surface area contributed by atoms with Crippen molar-refractivity contribution < 1.29 is 0 Å². The first-order valence-electron chi connectivity index (χ1n) is 6.31. The minimum absolute atomic E-state index is 0.371. The minimum atomic E-state index is 0.371. The fourth-order valence-corrected chi connectivity index (χ4v) is 2.99. The molecule has 3 rings (SSSR count). The van der Waals surface area contributed by atoms with Crippen molar-refractivity contribution in [3.8, 4) is 6.07 Å². The second-order valence-corrected chi connectivity index (χ2v) is 5.68. The number of fused-ring (bicyclic) bond motifs is 1. The molecular formula is C16H13BrN2. The quantitative estimate of drug-likeness (QED) is 0.891. The SMILES string of the molecule is N#Cc1ccc(NC2CCc3cc(Br)ccc32)cc1. The van der Waals surface area contributed by atoms with E-state index in [2.05, 4.69) is 45.5 Å². The number of rotatable bonds is 2. The summed E-state index contributed by atoms with van der Waals surface area (Å²) >= 11 is 3.52. The molecule has 0 bridgehead atoms. The van der Waals surface area contributed by atoms with E-state index >= 15 is 0 Å². The van der Waals surface area contributed by atoms with Gasteiger partial charge in [0.05, 0.1) is 17.7 Å². The summed E-state index contributed by atoms with van der Waals surface area (Å²) in [6.45, 7) is 0. The number of benzene rings is 2. The average Bonchev–Trinajstić information content (AvgIpc) is 2.82. The van der Waals surface area contributed by atoms with Gasteiger partial charge in [-0.15, -0.1) is 0 Å². The summed E-state index contributed by atoms with van der Waals surface area (Å²) in [5, 5.41) is 12.3. The van der Waals surface area contributed by atoms with Crippen molar-refractivity contribution in [2.45, 2.75) is 18.9 Å². The van der Waals surface area contributed by atoms with Crippen LogP contribution in [0.3, 0.4) is 0 Å². The molecule has 3 heteroatoms. The molecule has 94 valence electrons. The average molecular weight is 313 g/mol. The van der Waals surface area contributed by atoms with Crippen LogP contribution >= 0.6 is 15.9 Å². The molecule has 1 aliphatic carbocycles. The molecule has 1 atom stereocenters. The number of nitriles is 1. The highest BCUT2D eigenvalue weighted by molar-refractivity contribution is 9.10. The Balaban J connectivity index is 1.80. The number of hydrogen-bond donors (Lipinski definition) is 1. The predicted octanol–water partition coefficient (Wildman–Crippen LogP) is 4.42. The molecule has 2 aromatic carbocycles. The summed E-state index contributed by atoms with van der Waals surface area (Å²) in [4.78, 5) is 0. The first-order valence-corrected chi connectivity index (χ1v) is 7.10. The molecule has 0 aliphatic heterocycles. The van der Waals surface area contributed by atoms with Crippen molar-refractivity contribution in [1.29, 1.82) is 5.26 Å². The Hall–Kier alpha value is -1.79. The molecule has 0 amide bonds.